The number of rotatable bonds is 8. The van der Waals surface area contributed by atoms with Crippen molar-refractivity contribution >= 4 is 11.8 Å². The van der Waals surface area contributed by atoms with Crippen LogP contribution in [0.4, 0.5) is 0 Å². The van der Waals surface area contributed by atoms with Crippen molar-refractivity contribution in [3.63, 3.8) is 0 Å². The molecule has 0 saturated carbocycles. The molecule has 0 atom stereocenters. The average Bonchev–Trinajstić information content (AvgIpc) is 2.47. The van der Waals surface area contributed by atoms with Crippen LogP contribution in [-0.2, 0) is 19.7 Å². The lowest BCUT2D eigenvalue weighted by atomic mass is 9.82. The van der Waals surface area contributed by atoms with Crippen molar-refractivity contribution in [3.05, 3.63) is 23.9 Å². The van der Waals surface area contributed by atoms with Crippen LogP contribution in [0.5, 0.6) is 5.88 Å². The molecule has 1 rings (SSSR count). The first-order chi connectivity index (χ1) is 9.91. The zero-order valence-corrected chi connectivity index (χ0v) is 13.1. The summed E-state index contributed by atoms with van der Waals surface area (Å²) in [6.07, 6.45) is 1.51. The van der Waals surface area contributed by atoms with Gasteiger partial charge < -0.3 is 9.47 Å². The Kier molecular flexibility index (Phi) is 6.34. The normalized spacial score (nSPS) is 11.0. The Morgan fingerprint density at radius 1 is 1.29 bits per heavy atom. The Hall–Kier alpha value is -1.91. The summed E-state index contributed by atoms with van der Waals surface area (Å²) in [4.78, 5) is 28.2. The standard InChI is InChI=1S/C16H23NO4/c1-5-6-10-21-15(19)11-13(18)16(2,3)12-8-7-9-14(17-12)20-4/h7-9H,5-6,10-11H2,1-4H3. The summed E-state index contributed by atoms with van der Waals surface area (Å²) in [7, 11) is 1.52. The lowest BCUT2D eigenvalue weighted by Crippen LogP contribution is -2.32. The molecule has 116 valence electrons. The predicted molar refractivity (Wildman–Crippen MR) is 79.3 cm³/mol. The molecule has 0 aliphatic heterocycles. The maximum atomic E-state index is 12.3. The third-order valence-corrected chi connectivity index (χ3v) is 3.34. The molecule has 0 unspecified atom stereocenters. The minimum atomic E-state index is -0.863. The zero-order chi connectivity index (χ0) is 15.9. The second kappa shape index (κ2) is 7.76. The van der Waals surface area contributed by atoms with Crippen molar-refractivity contribution in [3.8, 4) is 5.88 Å². The molecule has 5 nitrogen and oxygen atoms in total. The van der Waals surface area contributed by atoms with E-state index in [4.69, 9.17) is 9.47 Å². The Bertz CT molecular complexity index is 497. The van der Waals surface area contributed by atoms with Crippen molar-refractivity contribution < 1.29 is 19.1 Å². The molecule has 0 radical (unpaired) electrons. The number of hydrogen-bond donors (Lipinski definition) is 0. The molecular formula is C16H23NO4. The minimum Gasteiger partial charge on any atom is -0.481 e. The van der Waals surface area contributed by atoms with Gasteiger partial charge in [0.1, 0.15) is 6.42 Å². The van der Waals surface area contributed by atoms with Gasteiger partial charge in [0, 0.05) is 6.07 Å². The maximum Gasteiger partial charge on any atom is 0.313 e. The summed E-state index contributed by atoms with van der Waals surface area (Å²) in [5, 5.41) is 0. The van der Waals surface area contributed by atoms with Gasteiger partial charge in [-0.1, -0.05) is 19.4 Å². The number of methoxy groups -OCH3 is 1. The number of esters is 1. The SMILES string of the molecule is CCCCOC(=O)CC(=O)C(C)(C)c1cccc(OC)n1. The lowest BCUT2D eigenvalue weighted by molar-refractivity contribution is -0.147. The Balaban J connectivity index is 2.72. The van der Waals surface area contributed by atoms with Crippen LogP contribution < -0.4 is 4.74 Å². The van der Waals surface area contributed by atoms with E-state index in [1.54, 1.807) is 32.0 Å². The van der Waals surface area contributed by atoms with Gasteiger partial charge in [-0.2, -0.15) is 0 Å². The summed E-state index contributed by atoms with van der Waals surface area (Å²) >= 11 is 0. The number of aromatic nitrogens is 1. The molecule has 1 aromatic rings. The number of pyridine rings is 1. The summed E-state index contributed by atoms with van der Waals surface area (Å²) in [6, 6.07) is 5.24. The van der Waals surface area contributed by atoms with Crippen LogP contribution in [0.2, 0.25) is 0 Å². The van der Waals surface area contributed by atoms with Crippen molar-refractivity contribution in [2.75, 3.05) is 13.7 Å². The van der Waals surface area contributed by atoms with Gasteiger partial charge >= 0.3 is 5.97 Å². The molecule has 1 aromatic heterocycles. The molecular weight excluding hydrogens is 270 g/mol. The zero-order valence-electron chi connectivity index (χ0n) is 13.1. The third-order valence-electron chi connectivity index (χ3n) is 3.34. The number of Topliss-reactive ketones (excluding diaryl/α,β-unsaturated/α-hetero) is 1. The second-order valence-electron chi connectivity index (χ2n) is 5.36. The van der Waals surface area contributed by atoms with Crippen molar-refractivity contribution in [2.45, 2.75) is 45.4 Å². The van der Waals surface area contributed by atoms with Gasteiger partial charge in [-0.25, -0.2) is 4.98 Å². The van der Waals surface area contributed by atoms with Gasteiger partial charge in [-0.15, -0.1) is 0 Å². The average molecular weight is 293 g/mol. The minimum absolute atomic E-state index is 0.218. The van der Waals surface area contributed by atoms with E-state index < -0.39 is 11.4 Å². The first kappa shape index (κ1) is 17.1. The molecule has 0 amide bonds. The molecule has 0 fully saturated rings. The highest BCUT2D eigenvalue weighted by molar-refractivity contribution is 6.01. The molecule has 0 spiro atoms. The fourth-order valence-electron chi connectivity index (χ4n) is 1.75. The van der Waals surface area contributed by atoms with Crippen LogP contribution in [0, 0.1) is 0 Å². The number of nitrogens with zero attached hydrogens (tertiary/aromatic N) is 1. The summed E-state index contributed by atoms with van der Waals surface area (Å²) in [5.74, 6) is -0.256. The second-order valence-corrected chi connectivity index (χ2v) is 5.36. The topological polar surface area (TPSA) is 65.5 Å². The Morgan fingerprint density at radius 3 is 2.62 bits per heavy atom. The van der Waals surface area contributed by atoms with E-state index in [1.807, 2.05) is 6.92 Å². The summed E-state index contributed by atoms with van der Waals surface area (Å²) in [6.45, 7) is 5.86. The highest BCUT2D eigenvalue weighted by atomic mass is 16.5. The summed E-state index contributed by atoms with van der Waals surface area (Å²) < 4.78 is 10.1. The molecule has 1 heterocycles. The lowest BCUT2D eigenvalue weighted by Gasteiger charge is -2.22. The number of ketones is 1. The molecule has 0 aliphatic carbocycles. The number of hydrogen-bond acceptors (Lipinski definition) is 5. The van der Waals surface area contributed by atoms with Gasteiger partial charge in [0.25, 0.3) is 0 Å². The van der Waals surface area contributed by atoms with E-state index in [0.717, 1.165) is 12.8 Å². The molecule has 5 heteroatoms. The molecule has 0 saturated heterocycles. The first-order valence-corrected chi connectivity index (χ1v) is 7.12. The van der Waals surface area contributed by atoms with Gasteiger partial charge in [-0.3, -0.25) is 9.59 Å². The first-order valence-electron chi connectivity index (χ1n) is 7.12. The van der Waals surface area contributed by atoms with Crippen molar-refractivity contribution in [1.29, 1.82) is 0 Å². The maximum absolute atomic E-state index is 12.3. The van der Waals surface area contributed by atoms with E-state index in [9.17, 15) is 9.59 Å². The number of unbranched alkanes of at least 4 members (excludes halogenated alkanes) is 1. The van der Waals surface area contributed by atoms with Crippen LogP contribution in [0.1, 0.15) is 45.7 Å². The van der Waals surface area contributed by atoms with E-state index in [1.165, 1.54) is 7.11 Å². The van der Waals surface area contributed by atoms with E-state index in [-0.39, 0.29) is 12.2 Å². The highest BCUT2D eigenvalue weighted by Gasteiger charge is 2.33. The fourth-order valence-corrected chi connectivity index (χ4v) is 1.75. The fraction of sp³-hybridized carbons (Fsp3) is 0.562. The Labute approximate surface area is 125 Å². The van der Waals surface area contributed by atoms with Gasteiger partial charge in [-0.05, 0) is 26.3 Å². The van der Waals surface area contributed by atoms with Crippen LogP contribution in [0.3, 0.4) is 0 Å². The van der Waals surface area contributed by atoms with Gasteiger partial charge in [0.05, 0.1) is 24.8 Å². The van der Waals surface area contributed by atoms with E-state index in [0.29, 0.717) is 18.2 Å². The predicted octanol–water partition coefficient (Wildman–Crippen LogP) is 2.67. The summed E-state index contributed by atoms with van der Waals surface area (Å²) in [5.41, 5.74) is -0.286. The van der Waals surface area contributed by atoms with Gasteiger partial charge in [0.2, 0.25) is 5.88 Å². The third kappa shape index (κ3) is 4.85. The largest absolute Gasteiger partial charge is 0.481 e. The molecule has 0 N–H and O–H groups in total. The smallest absolute Gasteiger partial charge is 0.313 e. The number of carbonyl (C=O) groups excluding carboxylic acids is 2. The van der Waals surface area contributed by atoms with Crippen LogP contribution in [0.25, 0.3) is 0 Å². The van der Waals surface area contributed by atoms with E-state index in [2.05, 4.69) is 4.98 Å². The molecule has 0 aromatic carbocycles. The Morgan fingerprint density at radius 2 is 2.00 bits per heavy atom. The van der Waals surface area contributed by atoms with Crippen LogP contribution in [0.15, 0.2) is 18.2 Å². The van der Waals surface area contributed by atoms with Crippen LogP contribution >= 0.6 is 0 Å². The monoisotopic (exact) mass is 293 g/mol. The number of carbonyl (C=O) groups is 2. The van der Waals surface area contributed by atoms with Crippen LogP contribution in [-0.4, -0.2) is 30.5 Å². The quantitative estimate of drug-likeness (QED) is 0.419. The molecule has 0 bridgehead atoms. The molecule has 21 heavy (non-hydrogen) atoms. The highest BCUT2D eigenvalue weighted by Crippen LogP contribution is 2.25. The van der Waals surface area contributed by atoms with Gasteiger partial charge in [0.15, 0.2) is 5.78 Å². The van der Waals surface area contributed by atoms with Crippen molar-refractivity contribution in [1.82, 2.24) is 4.98 Å². The molecule has 0 aliphatic rings. The van der Waals surface area contributed by atoms with E-state index >= 15 is 0 Å². The number of ether oxygens (including phenoxy) is 2. The van der Waals surface area contributed by atoms with Crippen molar-refractivity contribution in [2.24, 2.45) is 0 Å².